The molecular formula is C13H15BrFNO2. The lowest BCUT2D eigenvalue weighted by molar-refractivity contribution is 0.0945. The fourth-order valence-corrected chi connectivity index (χ4v) is 3.01. The van der Waals surface area contributed by atoms with Gasteiger partial charge in [-0.3, -0.25) is 4.79 Å². The average Bonchev–Trinajstić information content (AvgIpc) is 2.72. The molecule has 0 heterocycles. The van der Waals surface area contributed by atoms with Gasteiger partial charge in [-0.25, -0.2) is 4.39 Å². The number of nitrogens with one attached hydrogen (secondary N) is 1. The molecule has 1 aliphatic rings. The van der Waals surface area contributed by atoms with Gasteiger partial charge in [0, 0.05) is 17.4 Å². The van der Waals surface area contributed by atoms with Crippen LogP contribution in [0, 0.1) is 11.7 Å². The van der Waals surface area contributed by atoms with Crippen LogP contribution in [0.25, 0.3) is 0 Å². The van der Waals surface area contributed by atoms with E-state index in [4.69, 9.17) is 0 Å². The Labute approximate surface area is 114 Å². The van der Waals surface area contributed by atoms with E-state index in [2.05, 4.69) is 21.2 Å². The summed E-state index contributed by atoms with van der Waals surface area (Å²) < 4.78 is 12.8. The highest BCUT2D eigenvalue weighted by Gasteiger charge is 2.25. The Kier molecular flexibility index (Phi) is 4.22. The number of hydrogen-bond donors (Lipinski definition) is 2. The first kappa shape index (κ1) is 13.3. The molecule has 1 aromatic carbocycles. The van der Waals surface area contributed by atoms with E-state index >= 15 is 0 Å². The summed E-state index contributed by atoms with van der Waals surface area (Å²) in [5.74, 6) is -0.815. The third-order valence-corrected chi connectivity index (χ3v) is 4.50. The van der Waals surface area contributed by atoms with Gasteiger partial charge < -0.3 is 10.4 Å². The van der Waals surface area contributed by atoms with Crippen molar-refractivity contribution in [3.05, 3.63) is 29.6 Å². The van der Waals surface area contributed by atoms with Crippen LogP contribution in [0.2, 0.25) is 0 Å². The summed E-state index contributed by atoms with van der Waals surface area (Å²) in [6.45, 7) is 0.575. The Balaban J connectivity index is 1.95. The van der Waals surface area contributed by atoms with Crippen molar-refractivity contribution in [2.24, 2.45) is 5.92 Å². The highest BCUT2D eigenvalue weighted by atomic mass is 79.9. The lowest BCUT2D eigenvalue weighted by Crippen LogP contribution is -2.31. The fourth-order valence-electron chi connectivity index (χ4n) is 2.24. The van der Waals surface area contributed by atoms with E-state index in [0.717, 1.165) is 31.4 Å². The van der Waals surface area contributed by atoms with Crippen molar-refractivity contribution in [1.82, 2.24) is 5.32 Å². The Morgan fingerprint density at radius 1 is 1.50 bits per heavy atom. The Morgan fingerprint density at radius 2 is 2.28 bits per heavy atom. The quantitative estimate of drug-likeness (QED) is 0.843. The maximum absolute atomic E-state index is 12.8. The molecule has 1 fully saturated rings. The summed E-state index contributed by atoms with van der Waals surface area (Å²) in [5.41, 5.74) is 0.112. The number of hydrogen-bond acceptors (Lipinski definition) is 2. The standard InChI is InChI=1S/C13H15BrFNO2/c14-11-3-1-2-8(11)7-16-13(18)10-5-4-9(15)6-12(10)17/h4-6,8,11,17H,1-3,7H2,(H,16,18). The second-order valence-corrected chi connectivity index (χ2v) is 5.75. The van der Waals surface area contributed by atoms with E-state index < -0.39 is 5.82 Å². The number of carbonyl (C=O) groups is 1. The number of alkyl halides is 1. The maximum Gasteiger partial charge on any atom is 0.255 e. The summed E-state index contributed by atoms with van der Waals surface area (Å²) in [6, 6.07) is 3.40. The second-order valence-electron chi connectivity index (χ2n) is 4.58. The zero-order chi connectivity index (χ0) is 13.1. The number of halogens is 2. The Bertz CT molecular complexity index is 453. The average molecular weight is 316 g/mol. The molecule has 0 radical (unpaired) electrons. The van der Waals surface area contributed by atoms with Crippen LogP contribution < -0.4 is 5.32 Å². The van der Waals surface area contributed by atoms with E-state index in [1.54, 1.807) is 0 Å². The zero-order valence-electron chi connectivity index (χ0n) is 9.83. The molecule has 18 heavy (non-hydrogen) atoms. The van der Waals surface area contributed by atoms with Gasteiger partial charge in [0.1, 0.15) is 11.6 Å². The number of rotatable bonds is 3. The van der Waals surface area contributed by atoms with E-state index in [-0.39, 0.29) is 17.2 Å². The molecule has 2 rings (SSSR count). The second kappa shape index (κ2) is 5.69. The van der Waals surface area contributed by atoms with Crippen LogP contribution in [0.1, 0.15) is 29.6 Å². The molecule has 1 saturated carbocycles. The number of benzene rings is 1. The van der Waals surface area contributed by atoms with Gasteiger partial charge in [0.2, 0.25) is 0 Å². The molecule has 0 spiro atoms. The third kappa shape index (κ3) is 3.02. The van der Waals surface area contributed by atoms with Crippen LogP contribution >= 0.6 is 15.9 Å². The molecule has 2 atom stereocenters. The molecule has 2 unspecified atom stereocenters. The van der Waals surface area contributed by atoms with Crippen LogP contribution in [0.15, 0.2) is 18.2 Å². The Hall–Kier alpha value is -1.10. The van der Waals surface area contributed by atoms with Crippen LogP contribution in [-0.2, 0) is 0 Å². The lowest BCUT2D eigenvalue weighted by Gasteiger charge is -2.15. The first-order chi connectivity index (χ1) is 8.58. The fraction of sp³-hybridized carbons (Fsp3) is 0.462. The minimum absolute atomic E-state index is 0.112. The van der Waals surface area contributed by atoms with Gasteiger partial charge in [0.15, 0.2) is 0 Å². The number of phenols is 1. The van der Waals surface area contributed by atoms with Crippen molar-refractivity contribution in [3.63, 3.8) is 0 Å². The third-order valence-electron chi connectivity index (χ3n) is 3.30. The smallest absolute Gasteiger partial charge is 0.255 e. The highest BCUT2D eigenvalue weighted by Crippen LogP contribution is 2.31. The molecule has 1 amide bonds. The molecular weight excluding hydrogens is 301 g/mol. The van der Waals surface area contributed by atoms with E-state index in [0.29, 0.717) is 17.3 Å². The van der Waals surface area contributed by atoms with Gasteiger partial charge in [0.05, 0.1) is 5.56 Å². The van der Waals surface area contributed by atoms with Crippen molar-refractivity contribution in [2.75, 3.05) is 6.54 Å². The van der Waals surface area contributed by atoms with Gasteiger partial charge in [-0.15, -0.1) is 0 Å². The molecule has 5 heteroatoms. The van der Waals surface area contributed by atoms with Crippen molar-refractivity contribution in [3.8, 4) is 5.75 Å². The van der Waals surface area contributed by atoms with Gasteiger partial charge >= 0.3 is 0 Å². The van der Waals surface area contributed by atoms with Crippen LogP contribution in [0.3, 0.4) is 0 Å². The topological polar surface area (TPSA) is 49.3 Å². The SMILES string of the molecule is O=C(NCC1CCCC1Br)c1ccc(F)cc1O. The molecule has 98 valence electrons. The van der Waals surface area contributed by atoms with Crippen molar-refractivity contribution in [2.45, 2.75) is 24.1 Å². The molecule has 0 aliphatic heterocycles. The monoisotopic (exact) mass is 315 g/mol. The summed E-state index contributed by atoms with van der Waals surface area (Å²) in [6.07, 6.45) is 3.38. The van der Waals surface area contributed by atoms with Crippen molar-refractivity contribution in [1.29, 1.82) is 0 Å². The summed E-state index contributed by atoms with van der Waals surface area (Å²) >= 11 is 3.58. The van der Waals surface area contributed by atoms with Crippen LogP contribution in [-0.4, -0.2) is 22.4 Å². The molecule has 1 aliphatic carbocycles. The summed E-state index contributed by atoms with van der Waals surface area (Å²) in [5, 5.41) is 12.3. The maximum atomic E-state index is 12.8. The largest absolute Gasteiger partial charge is 0.507 e. The number of carbonyl (C=O) groups excluding carboxylic acids is 1. The molecule has 0 saturated heterocycles. The Morgan fingerprint density at radius 3 is 2.89 bits per heavy atom. The molecule has 2 N–H and O–H groups in total. The van der Waals surface area contributed by atoms with Crippen LogP contribution in [0.4, 0.5) is 4.39 Å². The first-order valence-electron chi connectivity index (χ1n) is 5.98. The molecule has 3 nitrogen and oxygen atoms in total. The van der Waals surface area contributed by atoms with Crippen molar-refractivity contribution >= 4 is 21.8 Å². The van der Waals surface area contributed by atoms with Gasteiger partial charge in [0.25, 0.3) is 5.91 Å². The molecule has 0 aromatic heterocycles. The predicted molar refractivity (Wildman–Crippen MR) is 70.5 cm³/mol. The van der Waals surface area contributed by atoms with Gasteiger partial charge in [-0.2, -0.15) is 0 Å². The minimum atomic E-state index is -0.555. The lowest BCUT2D eigenvalue weighted by atomic mass is 10.1. The van der Waals surface area contributed by atoms with Gasteiger partial charge in [-0.1, -0.05) is 22.4 Å². The highest BCUT2D eigenvalue weighted by molar-refractivity contribution is 9.09. The minimum Gasteiger partial charge on any atom is -0.507 e. The summed E-state index contributed by atoms with van der Waals surface area (Å²) in [4.78, 5) is 12.3. The van der Waals surface area contributed by atoms with Gasteiger partial charge in [-0.05, 0) is 30.9 Å². The molecule has 1 aromatic rings. The zero-order valence-corrected chi connectivity index (χ0v) is 11.4. The van der Waals surface area contributed by atoms with E-state index in [1.807, 2.05) is 0 Å². The van der Waals surface area contributed by atoms with Crippen molar-refractivity contribution < 1.29 is 14.3 Å². The summed E-state index contributed by atoms with van der Waals surface area (Å²) in [7, 11) is 0. The van der Waals surface area contributed by atoms with Crippen LogP contribution in [0.5, 0.6) is 5.75 Å². The van der Waals surface area contributed by atoms with E-state index in [1.165, 1.54) is 6.07 Å². The first-order valence-corrected chi connectivity index (χ1v) is 6.90. The number of phenolic OH excluding ortho intramolecular Hbond substituents is 1. The van der Waals surface area contributed by atoms with E-state index in [9.17, 15) is 14.3 Å². The predicted octanol–water partition coefficient (Wildman–Crippen LogP) is 2.82. The molecule has 0 bridgehead atoms. The number of amides is 1. The number of aromatic hydroxyl groups is 1. The normalized spacial score (nSPS) is 23.0.